The van der Waals surface area contributed by atoms with Crippen molar-refractivity contribution < 1.29 is 58.1 Å². The molecule has 12 nitrogen and oxygen atoms in total. The molecule has 0 aromatic heterocycles. The first-order chi connectivity index (χ1) is 25.3. The van der Waals surface area contributed by atoms with Gasteiger partial charge >= 0.3 is 17.9 Å². The van der Waals surface area contributed by atoms with Crippen LogP contribution in [0.15, 0.2) is 58.7 Å². The van der Waals surface area contributed by atoms with Crippen molar-refractivity contribution in [2.75, 3.05) is 6.61 Å². The van der Waals surface area contributed by atoms with Gasteiger partial charge in [-0.2, -0.15) is 0 Å². The zero-order valence-corrected chi connectivity index (χ0v) is 33.3. The van der Waals surface area contributed by atoms with Gasteiger partial charge in [-0.1, -0.05) is 78.0 Å². The second kappa shape index (κ2) is 16.5. The molecule has 3 fully saturated rings. The van der Waals surface area contributed by atoms with Crippen LogP contribution < -0.4 is 0 Å². The number of rotatable bonds is 5. The molecule has 3 saturated heterocycles. The average Bonchev–Trinajstić information content (AvgIpc) is 3.46. The minimum Gasteiger partial charge on any atom is -0.462 e. The van der Waals surface area contributed by atoms with E-state index in [0.717, 1.165) is 11.1 Å². The Kier molecular flexibility index (Phi) is 12.9. The largest absolute Gasteiger partial charge is 0.462 e. The lowest BCUT2D eigenvalue weighted by molar-refractivity contribution is -0.380. The standard InChI is InChI=1S/C42H60O12/c1-11-23(6)34-27(10)35(52-39(46)22(4)5)36(44)41(54-34)19-30-18-29(53-41)16-15-25(8)33(51-38(45)21(2)3)24(7)13-12-14-28-20-49-37-32(43)26(9)17-31(40(47)50-30)42(28,37)48/h11-15,17,21-22,24,27,29-37,43-44,48H,16,18-20H2,1-10H3/b13-12+,23-11+,25-15+,28-14+/t24-,27+,29+,30-,31-,32+,33+,34+,35-,36+,37+,41-,42+/m0/s1. The predicted molar refractivity (Wildman–Crippen MR) is 198 cm³/mol. The number of carbonyl (C=O) groups is 3. The SMILES string of the molecule is C/C=C(\C)[C@H]1O[C@@]2(C[C@@H]3C[C@@H](C/C=C(\C)[C@H](OC(=O)C(C)C)[C@@H](C)/C=C/C=C4\CO[C@@H]5[C@H](O)C(C)=C[C@@H](C(=O)O3)[C@]45O)O2)[C@H](O)[C@@H](OC(=O)C(C)C)[C@@H]1C. The van der Waals surface area contributed by atoms with E-state index in [0.29, 0.717) is 11.1 Å². The van der Waals surface area contributed by atoms with Crippen LogP contribution in [0.1, 0.15) is 88.5 Å². The fourth-order valence-corrected chi connectivity index (χ4v) is 8.25. The maximum atomic E-state index is 14.3. The third kappa shape index (κ3) is 8.06. The van der Waals surface area contributed by atoms with Crippen LogP contribution in [0, 0.1) is 29.6 Å². The number of hydrogen-bond acceptors (Lipinski definition) is 12. The van der Waals surface area contributed by atoms with Gasteiger partial charge in [0.25, 0.3) is 0 Å². The quantitative estimate of drug-likeness (QED) is 0.200. The topological polar surface area (TPSA) is 167 Å². The van der Waals surface area contributed by atoms with Gasteiger partial charge in [0, 0.05) is 24.7 Å². The van der Waals surface area contributed by atoms with Gasteiger partial charge in [-0.05, 0) is 56.4 Å². The summed E-state index contributed by atoms with van der Waals surface area (Å²) in [6.07, 6.45) is 3.47. The van der Waals surface area contributed by atoms with Crippen molar-refractivity contribution in [3.8, 4) is 0 Å². The first-order valence-corrected chi connectivity index (χ1v) is 19.4. The molecule has 1 spiro atoms. The highest BCUT2D eigenvalue weighted by atomic mass is 16.7. The van der Waals surface area contributed by atoms with Gasteiger partial charge < -0.3 is 43.7 Å². The Morgan fingerprint density at radius 3 is 2.31 bits per heavy atom. The molecule has 54 heavy (non-hydrogen) atoms. The fraction of sp³-hybridized carbons (Fsp3) is 0.690. The second-order valence-corrected chi connectivity index (χ2v) is 16.5. The van der Waals surface area contributed by atoms with Gasteiger partial charge in [-0.3, -0.25) is 14.4 Å². The molecule has 2 bridgehead atoms. The van der Waals surface area contributed by atoms with Crippen LogP contribution in [0.5, 0.6) is 0 Å². The molecule has 1 aliphatic carbocycles. The second-order valence-electron chi connectivity index (χ2n) is 16.5. The van der Waals surface area contributed by atoms with Gasteiger partial charge in [0.1, 0.15) is 48.1 Å². The van der Waals surface area contributed by atoms with E-state index in [-0.39, 0.29) is 43.7 Å². The molecule has 0 unspecified atom stereocenters. The molecule has 13 atom stereocenters. The van der Waals surface area contributed by atoms with Crippen molar-refractivity contribution in [3.05, 3.63) is 58.7 Å². The Hall–Kier alpha value is -3.13. The predicted octanol–water partition coefficient (Wildman–Crippen LogP) is 4.81. The van der Waals surface area contributed by atoms with Gasteiger partial charge in [-0.25, -0.2) is 0 Å². The Morgan fingerprint density at radius 2 is 1.67 bits per heavy atom. The number of esters is 3. The highest BCUT2D eigenvalue weighted by molar-refractivity contribution is 5.78. The molecule has 0 aromatic carbocycles. The Bertz CT molecular complexity index is 1590. The van der Waals surface area contributed by atoms with Gasteiger partial charge in [0.15, 0.2) is 0 Å². The number of hydrogen-bond donors (Lipinski definition) is 3. The minimum absolute atomic E-state index is 0.0324. The number of fused-ring (bicyclic) bond motifs is 2. The third-order valence-corrected chi connectivity index (χ3v) is 11.7. The van der Waals surface area contributed by atoms with Crippen LogP contribution in [-0.2, 0) is 42.8 Å². The van der Waals surface area contributed by atoms with E-state index in [1.54, 1.807) is 46.8 Å². The molecule has 5 rings (SSSR count). The zero-order chi connectivity index (χ0) is 39.9. The van der Waals surface area contributed by atoms with Crippen LogP contribution in [0.25, 0.3) is 0 Å². The van der Waals surface area contributed by atoms with E-state index in [1.807, 2.05) is 52.8 Å². The van der Waals surface area contributed by atoms with Crippen molar-refractivity contribution in [1.82, 2.24) is 0 Å². The summed E-state index contributed by atoms with van der Waals surface area (Å²) in [6.45, 7) is 18.0. The summed E-state index contributed by atoms with van der Waals surface area (Å²) in [7, 11) is 0. The lowest BCUT2D eigenvalue weighted by Gasteiger charge is -2.54. The van der Waals surface area contributed by atoms with E-state index >= 15 is 0 Å². The molecule has 3 N–H and O–H groups in total. The first-order valence-electron chi connectivity index (χ1n) is 19.4. The van der Waals surface area contributed by atoms with E-state index in [2.05, 4.69) is 0 Å². The molecule has 12 heteroatoms. The van der Waals surface area contributed by atoms with E-state index in [4.69, 9.17) is 28.4 Å². The summed E-state index contributed by atoms with van der Waals surface area (Å²) >= 11 is 0. The number of ether oxygens (including phenoxy) is 6. The Balaban J connectivity index is 1.63. The molecule has 4 aliphatic heterocycles. The third-order valence-electron chi connectivity index (χ3n) is 11.7. The van der Waals surface area contributed by atoms with Crippen LogP contribution in [0.2, 0.25) is 0 Å². The van der Waals surface area contributed by atoms with Crippen molar-refractivity contribution in [2.24, 2.45) is 29.6 Å². The van der Waals surface area contributed by atoms with Crippen LogP contribution >= 0.6 is 0 Å². The maximum absolute atomic E-state index is 14.3. The molecule has 0 radical (unpaired) electrons. The van der Waals surface area contributed by atoms with E-state index in [1.165, 1.54) is 6.08 Å². The van der Waals surface area contributed by atoms with Crippen LogP contribution in [0.4, 0.5) is 0 Å². The molecular weight excluding hydrogens is 696 g/mol. The van der Waals surface area contributed by atoms with Gasteiger partial charge in [0.2, 0.25) is 5.79 Å². The summed E-state index contributed by atoms with van der Waals surface area (Å²) in [5.41, 5.74) is 0.528. The molecule has 4 heterocycles. The summed E-state index contributed by atoms with van der Waals surface area (Å²) in [4.78, 5) is 40.3. The highest BCUT2D eigenvalue weighted by Crippen LogP contribution is 2.48. The van der Waals surface area contributed by atoms with E-state index in [9.17, 15) is 29.7 Å². The Labute approximate surface area is 319 Å². The maximum Gasteiger partial charge on any atom is 0.316 e. The number of aliphatic hydroxyl groups is 3. The fourth-order valence-electron chi connectivity index (χ4n) is 8.25. The van der Waals surface area contributed by atoms with Gasteiger partial charge in [-0.15, -0.1) is 0 Å². The molecular formula is C42H60O12. The monoisotopic (exact) mass is 756 g/mol. The number of carbonyl (C=O) groups excluding carboxylic acids is 3. The van der Waals surface area contributed by atoms with Crippen molar-refractivity contribution >= 4 is 17.9 Å². The first kappa shape index (κ1) is 42.0. The highest BCUT2D eigenvalue weighted by Gasteiger charge is 2.62. The summed E-state index contributed by atoms with van der Waals surface area (Å²) in [6, 6.07) is 0. The van der Waals surface area contributed by atoms with Crippen molar-refractivity contribution in [1.29, 1.82) is 0 Å². The van der Waals surface area contributed by atoms with E-state index < -0.39 is 89.9 Å². The molecule has 300 valence electrons. The summed E-state index contributed by atoms with van der Waals surface area (Å²) in [5.74, 6) is -6.13. The van der Waals surface area contributed by atoms with Crippen molar-refractivity contribution in [3.63, 3.8) is 0 Å². The Morgan fingerprint density at radius 1 is 1.00 bits per heavy atom. The van der Waals surface area contributed by atoms with Gasteiger partial charge in [0.05, 0.1) is 30.7 Å². The minimum atomic E-state index is -1.93. The smallest absolute Gasteiger partial charge is 0.316 e. The normalized spacial score (nSPS) is 42.9. The summed E-state index contributed by atoms with van der Waals surface area (Å²) < 4.78 is 37.7. The zero-order valence-electron chi connectivity index (χ0n) is 33.3. The van der Waals surface area contributed by atoms with Crippen molar-refractivity contribution in [2.45, 2.75) is 149 Å². The summed E-state index contributed by atoms with van der Waals surface area (Å²) in [5, 5.41) is 35.6. The average molecular weight is 757 g/mol. The molecule has 0 aromatic rings. The number of allylic oxidation sites excluding steroid dienone is 3. The van der Waals surface area contributed by atoms with Crippen LogP contribution in [0.3, 0.4) is 0 Å². The molecule has 5 aliphatic rings. The van der Waals surface area contributed by atoms with Crippen LogP contribution in [-0.4, -0.2) is 100 Å². The lowest BCUT2D eigenvalue weighted by Crippen LogP contribution is -2.67. The lowest BCUT2D eigenvalue weighted by atomic mass is 9.71. The number of aliphatic hydroxyl groups excluding tert-OH is 2. The molecule has 0 amide bonds. The molecule has 0 saturated carbocycles.